The number of nitrogens with two attached hydrogens (primary N) is 1. The Bertz CT molecular complexity index is 515. The predicted molar refractivity (Wildman–Crippen MR) is 90.9 cm³/mol. The first-order valence-corrected chi connectivity index (χ1v) is 8.59. The van der Waals surface area contributed by atoms with Gasteiger partial charge in [0.2, 0.25) is 0 Å². The van der Waals surface area contributed by atoms with Gasteiger partial charge in [-0.05, 0) is 46.5 Å². The molecule has 0 unspecified atom stereocenters. The van der Waals surface area contributed by atoms with E-state index in [4.69, 9.17) is 11.0 Å². The fraction of sp³-hybridized carbons (Fsp3) is 0.688. The van der Waals surface area contributed by atoms with Crippen LogP contribution in [0.5, 0.6) is 0 Å². The topological polar surface area (TPSA) is 65.1 Å². The minimum atomic E-state index is 0.540. The number of rotatable bonds is 7. The summed E-state index contributed by atoms with van der Waals surface area (Å²) in [7, 11) is 0. The maximum absolute atomic E-state index is 9.16. The molecule has 1 saturated carbocycles. The van der Waals surface area contributed by atoms with Crippen LogP contribution in [0.15, 0.2) is 0 Å². The van der Waals surface area contributed by atoms with Crippen molar-refractivity contribution in [3.05, 3.63) is 10.4 Å². The number of thiophene rings is 1. The zero-order valence-corrected chi connectivity index (χ0v) is 14.3. The molecule has 0 aliphatic heterocycles. The van der Waals surface area contributed by atoms with Crippen molar-refractivity contribution < 1.29 is 0 Å². The van der Waals surface area contributed by atoms with E-state index in [1.807, 2.05) is 0 Å². The van der Waals surface area contributed by atoms with Crippen molar-refractivity contribution in [3.8, 4) is 6.07 Å². The van der Waals surface area contributed by atoms with Gasteiger partial charge in [-0.25, -0.2) is 0 Å². The van der Waals surface area contributed by atoms with Gasteiger partial charge >= 0.3 is 0 Å². The molecular formula is C16H26N4S. The standard InChI is InChI=1S/C16H26N4S/c1-10(2)20(11(3)4)8-7-19-16-14(12-5-6-12)15(18)13(9-17)21-16/h10-12,19H,5-8,18H2,1-4H3. The van der Waals surface area contributed by atoms with Crippen molar-refractivity contribution in [1.82, 2.24) is 4.90 Å². The molecule has 1 aliphatic rings. The number of hydrogen-bond acceptors (Lipinski definition) is 5. The highest BCUT2D eigenvalue weighted by atomic mass is 32.1. The highest BCUT2D eigenvalue weighted by molar-refractivity contribution is 7.17. The van der Waals surface area contributed by atoms with E-state index in [-0.39, 0.29) is 0 Å². The van der Waals surface area contributed by atoms with Gasteiger partial charge in [0.05, 0.1) is 10.7 Å². The smallest absolute Gasteiger partial charge is 0.130 e. The second-order valence-corrected chi connectivity index (χ2v) is 7.35. The van der Waals surface area contributed by atoms with Crippen LogP contribution < -0.4 is 11.1 Å². The lowest BCUT2D eigenvalue weighted by atomic mass is 10.1. The molecule has 0 amide bonds. The van der Waals surface area contributed by atoms with Gasteiger partial charge in [-0.3, -0.25) is 4.90 Å². The van der Waals surface area contributed by atoms with Gasteiger partial charge in [-0.1, -0.05) is 0 Å². The zero-order valence-electron chi connectivity index (χ0n) is 13.4. The molecule has 116 valence electrons. The van der Waals surface area contributed by atoms with Crippen LogP contribution >= 0.6 is 11.3 Å². The molecule has 21 heavy (non-hydrogen) atoms. The summed E-state index contributed by atoms with van der Waals surface area (Å²) in [4.78, 5) is 3.12. The molecule has 5 heteroatoms. The van der Waals surface area contributed by atoms with E-state index in [1.54, 1.807) is 0 Å². The van der Waals surface area contributed by atoms with Gasteiger partial charge in [-0.2, -0.15) is 5.26 Å². The molecule has 0 saturated heterocycles. The third kappa shape index (κ3) is 3.69. The lowest BCUT2D eigenvalue weighted by Crippen LogP contribution is -2.40. The van der Waals surface area contributed by atoms with E-state index in [2.05, 4.69) is 44.0 Å². The highest BCUT2D eigenvalue weighted by Gasteiger charge is 2.31. The Morgan fingerprint density at radius 3 is 2.43 bits per heavy atom. The Labute approximate surface area is 131 Å². The summed E-state index contributed by atoms with van der Waals surface area (Å²) >= 11 is 1.51. The second kappa shape index (κ2) is 6.67. The predicted octanol–water partition coefficient (Wildman–Crippen LogP) is 3.61. The van der Waals surface area contributed by atoms with Gasteiger partial charge in [0.1, 0.15) is 10.9 Å². The van der Waals surface area contributed by atoms with Crippen molar-refractivity contribution in [1.29, 1.82) is 5.26 Å². The Kier molecular flexibility index (Phi) is 5.13. The molecule has 1 aliphatic carbocycles. The quantitative estimate of drug-likeness (QED) is 0.807. The third-order valence-corrected chi connectivity index (χ3v) is 5.14. The normalized spacial score (nSPS) is 15.0. The number of nitriles is 1. The molecule has 0 atom stereocenters. The monoisotopic (exact) mass is 306 g/mol. The minimum Gasteiger partial charge on any atom is -0.397 e. The van der Waals surface area contributed by atoms with Gasteiger partial charge in [0, 0.05) is 30.7 Å². The van der Waals surface area contributed by atoms with E-state index < -0.39 is 0 Å². The van der Waals surface area contributed by atoms with Crippen molar-refractivity contribution in [3.63, 3.8) is 0 Å². The summed E-state index contributed by atoms with van der Waals surface area (Å²) < 4.78 is 0. The third-order valence-electron chi connectivity index (χ3n) is 4.05. The fourth-order valence-electron chi connectivity index (χ4n) is 2.86. The number of anilines is 2. The van der Waals surface area contributed by atoms with Crippen molar-refractivity contribution in [2.75, 3.05) is 24.1 Å². The average Bonchev–Trinajstić information content (AvgIpc) is 3.19. The molecule has 1 aromatic heterocycles. The first kappa shape index (κ1) is 16.1. The van der Waals surface area contributed by atoms with Gasteiger partial charge in [-0.15, -0.1) is 11.3 Å². The number of nitrogens with one attached hydrogen (secondary N) is 1. The lowest BCUT2D eigenvalue weighted by molar-refractivity contribution is 0.182. The van der Waals surface area contributed by atoms with E-state index in [9.17, 15) is 0 Å². The largest absolute Gasteiger partial charge is 0.397 e. The molecule has 2 rings (SSSR count). The molecule has 3 N–H and O–H groups in total. The molecule has 4 nitrogen and oxygen atoms in total. The summed E-state index contributed by atoms with van der Waals surface area (Å²) in [6.07, 6.45) is 2.40. The van der Waals surface area contributed by atoms with Crippen LogP contribution in [0.25, 0.3) is 0 Å². The van der Waals surface area contributed by atoms with Gasteiger partial charge in [0.25, 0.3) is 0 Å². The fourth-order valence-corrected chi connectivity index (χ4v) is 3.89. The molecule has 1 aromatic rings. The summed E-state index contributed by atoms with van der Waals surface area (Å²) in [6.45, 7) is 10.8. The highest BCUT2D eigenvalue weighted by Crippen LogP contribution is 2.50. The van der Waals surface area contributed by atoms with Gasteiger partial charge < -0.3 is 11.1 Å². The van der Waals surface area contributed by atoms with Crippen molar-refractivity contribution in [2.24, 2.45) is 0 Å². The molecular weight excluding hydrogens is 280 g/mol. The Morgan fingerprint density at radius 2 is 1.95 bits per heavy atom. The van der Waals surface area contributed by atoms with Crippen LogP contribution in [0.1, 0.15) is 56.9 Å². The number of nitrogen functional groups attached to an aromatic ring is 1. The maximum Gasteiger partial charge on any atom is 0.130 e. The van der Waals surface area contributed by atoms with Crippen LogP contribution in [0.3, 0.4) is 0 Å². The molecule has 1 fully saturated rings. The Hall–Kier alpha value is -1.25. The Morgan fingerprint density at radius 1 is 1.33 bits per heavy atom. The summed E-state index contributed by atoms with van der Waals surface area (Å²) in [5.41, 5.74) is 8.02. The van der Waals surface area contributed by atoms with Crippen LogP contribution in [-0.2, 0) is 0 Å². The van der Waals surface area contributed by atoms with E-state index in [0.717, 1.165) is 18.1 Å². The van der Waals surface area contributed by atoms with Crippen LogP contribution in [0.4, 0.5) is 10.7 Å². The summed E-state index contributed by atoms with van der Waals surface area (Å²) in [6, 6.07) is 3.30. The molecule has 0 radical (unpaired) electrons. The van der Waals surface area contributed by atoms with Crippen LogP contribution in [-0.4, -0.2) is 30.1 Å². The second-order valence-electron chi connectivity index (χ2n) is 6.33. The minimum absolute atomic E-state index is 0.540. The number of nitrogens with zero attached hydrogens (tertiary/aromatic N) is 2. The molecule has 0 spiro atoms. The Balaban J connectivity index is 2.02. The van der Waals surface area contributed by atoms with Gasteiger partial charge in [0.15, 0.2) is 0 Å². The van der Waals surface area contributed by atoms with E-state index >= 15 is 0 Å². The van der Waals surface area contributed by atoms with E-state index in [0.29, 0.717) is 28.6 Å². The average molecular weight is 306 g/mol. The van der Waals surface area contributed by atoms with Crippen molar-refractivity contribution >= 4 is 22.0 Å². The number of hydrogen-bond donors (Lipinski definition) is 2. The van der Waals surface area contributed by atoms with E-state index in [1.165, 1.54) is 29.7 Å². The zero-order chi connectivity index (χ0) is 15.6. The molecule has 1 heterocycles. The summed E-state index contributed by atoms with van der Waals surface area (Å²) in [5, 5.41) is 13.8. The maximum atomic E-state index is 9.16. The van der Waals surface area contributed by atoms with Crippen LogP contribution in [0, 0.1) is 11.3 Å². The first-order chi connectivity index (χ1) is 9.95. The van der Waals surface area contributed by atoms with Crippen LogP contribution in [0.2, 0.25) is 0 Å². The van der Waals surface area contributed by atoms with Crippen molar-refractivity contribution in [2.45, 2.75) is 58.5 Å². The molecule has 0 bridgehead atoms. The summed E-state index contributed by atoms with van der Waals surface area (Å²) in [5.74, 6) is 0.567. The first-order valence-electron chi connectivity index (χ1n) is 7.77. The molecule has 0 aromatic carbocycles. The SMILES string of the molecule is CC(C)N(CCNc1sc(C#N)c(N)c1C1CC1)C(C)C. The lowest BCUT2D eigenvalue weighted by Gasteiger charge is -2.30.